The van der Waals surface area contributed by atoms with Crippen LogP contribution in [0.5, 0.6) is 11.5 Å². The molecule has 0 radical (unpaired) electrons. The number of hydrogen-bond acceptors (Lipinski definition) is 3. The van der Waals surface area contributed by atoms with Gasteiger partial charge in [-0.2, -0.15) is 0 Å². The van der Waals surface area contributed by atoms with Gasteiger partial charge in [-0.15, -0.1) is 0 Å². The molecule has 0 N–H and O–H groups in total. The normalized spacial score (nSPS) is 11.4. The molecular weight excluding hydrogens is 652 g/mol. The number of para-hydroxylation sites is 1. The van der Waals surface area contributed by atoms with Crippen LogP contribution in [0.1, 0.15) is 0 Å². The van der Waals surface area contributed by atoms with Crippen molar-refractivity contribution in [2.75, 3.05) is 0 Å². The van der Waals surface area contributed by atoms with Crippen LogP contribution in [0.2, 0.25) is 0 Å². The Morgan fingerprint density at radius 2 is 1.06 bits per heavy atom. The van der Waals surface area contributed by atoms with Crippen LogP contribution in [0.25, 0.3) is 61.1 Å². The number of pyridine rings is 2. The highest BCUT2D eigenvalue weighted by Crippen LogP contribution is 2.37. The minimum absolute atomic E-state index is 0.183. The minimum Gasteiger partial charge on any atom is -0.457 e. The van der Waals surface area contributed by atoms with Crippen molar-refractivity contribution < 1.29 is 31.1 Å². The van der Waals surface area contributed by atoms with Crippen LogP contribution in [-0.4, -0.2) is 14.5 Å². The number of hydrogen-bond donors (Lipinski definition) is 0. The minimum atomic E-state index is -1.03. The topological polar surface area (TPSA) is 39.9 Å². The molecule has 0 aliphatic heterocycles. The van der Waals surface area contributed by atoms with Gasteiger partial charge >= 0.3 is 0 Å². The van der Waals surface area contributed by atoms with E-state index >= 15 is 0 Å². The van der Waals surface area contributed by atoms with Crippen LogP contribution < -0.4 is 4.74 Å². The summed E-state index contributed by atoms with van der Waals surface area (Å²) in [5.74, 6) is -4.87. The quantitative estimate of drug-likeness (QED) is 0.165. The maximum Gasteiger partial charge on any atom is 0.138 e. The number of aromatic nitrogens is 3. The first-order valence-electron chi connectivity index (χ1n) is 15.3. The van der Waals surface area contributed by atoms with Gasteiger partial charge in [-0.3, -0.25) is 9.55 Å². The van der Waals surface area contributed by atoms with Crippen molar-refractivity contribution in [1.82, 2.24) is 14.5 Å². The van der Waals surface area contributed by atoms with Crippen molar-refractivity contribution >= 4 is 21.8 Å². The summed E-state index contributed by atoms with van der Waals surface area (Å²) >= 11 is 0. The van der Waals surface area contributed by atoms with Crippen molar-refractivity contribution in [3.05, 3.63) is 163 Å². The summed E-state index contributed by atoms with van der Waals surface area (Å²) in [6, 6.07) is 28.6. The standard InChI is InChI=1S/C40H21F6N3O/c41-25-17-31(43)39(32(44)18-25)23-10-12-47-35(15-23)22-4-3-5-27(14-22)50-28-8-9-30-29-6-1-2-7-36(29)49(37(30)21-28)38-16-24(11-13-48-38)40-33(45)19-26(42)20-34(40)46/h1-21H. The van der Waals surface area contributed by atoms with Gasteiger partial charge in [0, 0.05) is 59.1 Å². The molecule has 8 aromatic rings. The van der Waals surface area contributed by atoms with E-state index in [9.17, 15) is 26.3 Å². The van der Waals surface area contributed by atoms with Gasteiger partial charge in [0.25, 0.3) is 0 Å². The zero-order chi connectivity index (χ0) is 34.5. The van der Waals surface area contributed by atoms with E-state index in [1.54, 1.807) is 30.3 Å². The van der Waals surface area contributed by atoms with E-state index in [2.05, 4.69) is 9.97 Å². The summed E-state index contributed by atoms with van der Waals surface area (Å²) in [7, 11) is 0. The van der Waals surface area contributed by atoms with Crippen molar-refractivity contribution in [3.63, 3.8) is 0 Å². The number of fused-ring (bicyclic) bond motifs is 3. The van der Waals surface area contributed by atoms with Gasteiger partial charge in [0.2, 0.25) is 0 Å². The molecule has 0 spiro atoms. The Morgan fingerprint density at radius 3 is 1.76 bits per heavy atom. The van der Waals surface area contributed by atoms with Crippen molar-refractivity contribution in [2.45, 2.75) is 0 Å². The van der Waals surface area contributed by atoms with Gasteiger partial charge in [-0.25, -0.2) is 31.3 Å². The van der Waals surface area contributed by atoms with E-state index < -0.39 is 34.9 Å². The van der Waals surface area contributed by atoms with Gasteiger partial charge in [0.05, 0.1) is 27.9 Å². The zero-order valence-corrected chi connectivity index (χ0v) is 25.6. The van der Waals surface area contributed by atoms with Gasteiger partial charge in [0.15, 0.2) is 0 Å². The Hall–Kier alpha value is -6.42. The second-order valence-electron chi connectivity index (χ2n) is 11.5. The van der Waals surface area contributed by atoms with E-state index in [0.717, 1.165) is 16.3 Å². The largest absolute Gasteiger partial charge is 0.457 e. The summed E-state index contributed by atoms with van der Waals surface area (Å²) in [6.45, 7) is 0. The third kappa shape index (κ3) is 5.50. The van der Waals surface area contributed by atoms with Crippen LogP contribution in [0.4, 0.5) is 26.3 Å². The van der Waals surface area contributed by atoms with Gasteiger partial charge in [-0.05, 0) is 65.7 Å². The highest BCUT2D eigenvalue weighted by atomic mass is 19.2. The molecule has 0 amide bonds. The van der Waals surface area contributed by atoms with E-state index in [0.29, 0.717) is 58.4 Å². The molecule has 5 aromatic carbocycles. The number of nitrogens with zero attached hydrogens (tertiary/aromatic N) is 3. The Balaban J connectivity index is 1.18. The lowest BCUT2D eigenvalue weighted by molar-refractivity contribution is 0.483. The smallest absolute Gasteiger partial charge is 0.138 e. The molecule has 0 aliphatic carbocycles. The molecule has 0 aliphatic rings. The lowest BCUT2D eigenvalue weighted by atomic mass is 10.0. The number of ether oxygens (including phenoxy) is 1. The van der Waals surface area contributed by atoms with Crippen LogP contribution in [-0.2, 0) is 0 Å². The summed E-state index contributed by atoms with van der Waals surface area (Å²) in [5, 5.41) is 1.77. The molecule has 0 atom stereocenters. The molecule has 10 heteroatoms. The van der Waals surface area contributed by atoms with Crippen LogP contribution in [0, 0.1) is 34.9 Å². The Morgan fingerprint density at radius 1 is 0.460 bits per heavy atom. The first-order chi connectivity index (χ1) is 24.2. The second kappa shape index (κ2) is 12.2. The Bertz CT molecular complexity index is 2570. The summed E-state index contributed by atoms with van der Waals surface area (Å²) in [4.78, 5) is 8.88. The highest BCUT2D eigenvalue weighted by Gasteiger charge is 2.19. The number of rotatable bonds is 6. The molecule has 0 saturated carbocycles. The lowest BCUT2D eigenvalue weighted by Gasteiger charge is -2.12. The molecule has 50 heavy (non-hydrogen) atoms. The molecule has 244 valence electrons. The monoisotopic (exact) mass is 673 g/mol. The third-order valence-electron chi connectivity index (χ3n) is 8.34. The third-order valence-corrected chi connectivity index (χ3v) is 8.34. The molecule has 0 unspecified atom stereocenters. The first kappa shape index (κ1) is 30.9. The molecule has 0 bridgehead atoms. The molecule has 0 fully saturated rings. The lowest BCUT2D eigenvalue weighted by Crippen LogP contribution is -1.99. The zero-order valence-electron chi connectivity index (χ0n) is 25.6. The van der Waals surface area contributed by atoms with Gasteiger partial charge in [-0.1, -0.05) is 30.3 Å². The fourth-order valence-corrected chi connectivity index (χ4v) is 6.19. The molecule has 3 heterocycles. The molecule has 3 aromatic heterocycles. The molecule has 0 saturated heterocycles. The molecule has 4 nitrogen and oxygen atoms in total. The van der Waals surface area contributed by atoms with Crippen molar-refractivity contribution in [1.29, 1.82) is 0 Å². The highest BCUT2D eigenvalue weighted by molar-refractivity contribution is 6.09. The second-order valence-corrected chi connectivity index (χ2v) is 11.5. The van der Waals surface area contributed by atoms with E-state index in [4.69, 9.17) is 4.74 Å². The predicted molar refractivity (Wildman–Crippen MR) is 179 cm³/mol. The fraction of sp³-hybridized carbons (Fsp3) is 0. The fourth-order valence-electron chi connectivity index (χ4n) is 6.19. The average Bonchev–Trinajstić information content (AvgIpc) is 3.41. The van der Waals surface area contributed by atoms with Crippen LogP contribution >= 0.6 is 0 Å². The Kier molecular flexibility index (Phi) is 7.56. The van der Waals surface area contributed by atoms with Crippen molar-refractivity contribution in [3.8, 4) is 50.8 Å². The average molecular weight is 674 g/mol. The van der Waals surface area contributed by atoms with E-state index in [1.165, 1.54) is 36.7 Å². The summed E-state index contributed by atoms with van der Waals surface area (Å²) in [5.41, 5.74) is 2.13. The first-order valence-corrected chi connectivity index (χ1v) is 15.3. The molecular formula is C40H21F6N3O. The summed E-state index contributed by atoms with van der Waals surface area (Å²) in [6.07, 6.45) is 2.84. The molecule has 8 rings (SSSR count). The number of benzene rings is 5. The maximum absolute atomic E-state index is 14.7. The number of halogens is 6. The maximum atomic E-state index is 14.7. The Labute approximate surface area is 280 Å². The van der Waals surface area contributed by atoms with Crippen LogP contribution in [0.3, 0.4) is 0 Å². The van der Waals surface area contributed by atoms with Crippen molar-refractivity contribution in [2.24, 2.45) is 0 Å². The van der Waals surface area contributed by atoms with Gasteiger partial charge < -0.3 is 4.74 Å². The summed E-state index contributed by atoms with van der Waals surface area (Å²) < 4.78 is 93.8. The van der Waals surface area contributed by atoms with Crippen LogP contribution in [0.15, 0.2) is 128 Å². The SMILES string of the molecule is Fc1cc(F)c(-c2ccnc(-c3cccc(Oc4ccc5c6ccccc6n(-c6cc(-c7c(F)cc(F)cc7F)ccn6)c5c4)c3)c2)c(F)c1. The van der Waals surface area contributed by atoms with Gasteiger partial charge in [0.1, 0.15) is 52.2 Å². The van der Waals surface area contributed by atoms with E-state index in [1.807, 2.05) is 41.0 Å². The van der Waals surface area contributed by atoms with E-state index in [-0.39, 0.29) is 22.3 Å². The predicted octanol–water partition coefficient (Wildman–Crippen LogP) is 11.2.